The monoisotopic (exact) mass is 289 g/mol. The van der Waals surface area contributed by atoms with E-state index in [0.717, 1.165) is 23.1 Å². The second-order valence-corrected chi connectivity index (χ2v) is 5.58. The first kappa shape index (κ1) is 12.9. The molecule has 2 N–H and O–H groups in total. The molecule has 1 aromatic rings. The van der Waals surface area contributed by atoms with Gasteiger partial charge in [0.25, 0.3) is 0 Å². The fourth-order valence-electron chi connectivity index (χ4n) is 1.19. The first-order valence-electron chi connectivity index (χ1n) is 4.84. The van der Waals surface area contributed by atoms with E-state index in [-0.39, 0.29) is 0 Å². The highest BCUT2D eigenvalue weighted by molar-refractivity contribution is 9.10. The number of hydrogen-bond acceptors (Lipinski definition) is 3. The summed E-state index contributed by atoms with van der Waals surface area (Å²) in [5.41, 5.74) is 1.09. The molecule has 0 aromatic heterocycles. The Morgan fingerprint density at radius 3 is 2.93 bits per heavy atom. The highest BCUT2D eigenvalue weighted by Crippen LogP contribution is 2.21. The van der Waals surface area contributed by atoms with Crippen molar-refractivity contribution < 1.29 is 5.11 Å². The van der Waals surface area contributed by atoms with Gasteiger partial charge in [0, 0.05) is 22.8 Å². The number of hydrogen-bond donors (Lipinski definition) is 2. The Bertz CT molecular complexity index is 319. The van der Waals surface area contributed by atoms with Gasteiger partial charge in [0.05, 0.1) is 0 Å². The first-order valence-corrected chi connectivity index (χ1v) is 6.92. The van der Waals surface area contributed by atoms with E-state index in [9.17, 15) is 5.11 Å². The minimum Gasteiger partial charge on any atom is -0.508 e. The average Bonchev–Trinajstić information content (AvgIpc) is 2.23. The Kier molecular flexibility index (Phi) is 5.50. The van der Waals surface area contributed by atoms with Crippen LogP contribution in [0.1, 0.15) is 12.5 Å². The molecule has 84 valence electrons. The normalized spacial score (nSPS) is 12.7. The van der Waals surface area contributed by atoms with Crippen LogP contribution in [0.3, 0.4) is 0 Å². The smallest absolute Gasteiger partial charge is 0.115 e. The molecule has 0 aliphatic heterocycles. The van der Waals surface area contributed by atoms with Crippen molar-refractivity contribution in [3.63, 3.8) is 0 Å². The standard InChI is InChI=1S/C11H16BrNOS/c1-8(15-2)6-13-7-9-5-10(14)3-4-11(9)12/h3-5,8,13-14H,6-7H2,1-2H3. The van der Waals surface area contributed by atoms with Crippen molar-refractivity contribution in [1.82, 2.24) is 5.32 Å². The predicted octanol–water partition coefficient (Wildman–Crippen LogP) is 3.00. The molecule has 2 nitrogen and oxygen atoms in total. The van der Waals surface area contributed by atoms with E-state index in [1.807, 2.05) is 17.8 Å². The van der Waals surface area contributed by atoms with E-state index < -0.39 is 0 Å². The molecule has 4 heteroatoms. The maximum absolute atomic E-state index is 9.34. The van der Waals surface area contributed by atoms with Gasteiger partial charge in [-0.05, 0) is 30.0 Å². The average molecular weight is 290 g/mol. The summed E-state index contributed by atoms with van der Waals surface area (Å²) in [5.74, 6) is 0.313. The number of phenols is 1. The van der Waals surface area contributed by atoms with E-state index in [2.05, 4.69) is 34.4 Å². The van der Waals surface area contributed by atoms with Crippen LogP contribution in [0.15, 0.2) is 22.7 Å². The van der Waals surface area contributed by atoms with E-state index >= 15 is 0 Å². The summed E-state index contributed by atoms with van der Waals surface area (Å²) in [7, 11) is 0. The minimum atomic E-state index is 0.313. The van der Waals surface area contributed by atoms with Crippen LogP contribution in [0.2, 0.25) is 0 Å². The molecule has 0 bridgehead atoms. The van der Waals surface area contributed by atoms with Gasteiger partial charge in [-0.1, -0.05) is 22.9 Å². The first-order chi connectivity index (χ1) is 7.13. The van der Waals surface area contributed by atoms with Crippen molar-refractivity contribution in [3.8, 4) is 5.75 Å². The molecule has 0 fully saturated rings. The van der Waals surface area contributed by atoms with Gasteiger partial charge in [-0.25, -0.2) is 0 Å². The van der Waals surface area contributed by atoms with Gasteiger partial charge >= 0.3 is 0 Å². The predicted molar refractivity (Wildman–Crippen MR) is 70.5 cm³/mol. The van der Waals surface area contributed by atoms with Crippen molar-refractivity contribution in [2.24, 2.45) is 0 Å². The highest BCUT2D eigenvalue weighted by atomic mass is 79.9. The second kappa shape index (κ2) is 6.40. The summed E-state index contributed by atoms with van der Waals surface area (Å²) in [6.07, 6.45) is 2.11. The SMILES string of the molecule is CSC(C)CNCc1cc(O)ccc1Br. The van der Waals surface area contributed by atoms with Crippen LogP contribution < -0.4 is 5.32 Å². The Morgan fingerprint density at radius 2 is 2.27 bits per heavy atom. The van der Waals surface area contributed by atoms with E-state index in [4.69, 9.17) is 0 Å². The zero-order chi connectivity index (χ0) is 11.3. The van der Waals surface area contributed by atoms with Crippen LogP contribution in [0, 0.1) is 0 Å². The van der Waals surface area contributed by atoms with Gasteiger partial charge in [-0.2, -0.15) is 11.8 Å². The van der Waals surface area contributed by atoms with Crippen LogP contribution in [0.5, 0.6) is 5.75 Å². The van der Waals surface area contributed by atoms with Gasteiger partial charge in [0.1, 0.15) is 5.75 Å². The molecule has 0 heterocycles. The van der Waals surface area contributed by atoms with Crippen molar-refractivity contribution in [2.45, 2.75) is 18.7 Å². The second-order valence-electron chi connectivity index (χ2n) is 3.45. The Morgan fingerprint density at radius 1 is 1.53 bits per heavy atom. The molecular formula is C11H16BrNOS. The summed E-state index contributed by atoms with van der Waals surface area (Å²) in [6, 6.07) is 5.32. The molecule has 0 saturated heterocycles. The molecule has 1 aromatic carbocycles. The van der Waals surface area contributed by atoms with Gasteiger partial charge in [-0.15, -0.1) is 0 Å². The number of phenolic OH excluding ortho intramolecular Hbond substituents is 1. The maximum Gasteiger partial charge on any atom is 0.115 e. The lowest BCUT2D eigenvalue weighted by Crippen LogP contribution is -2.22. The fourth-order valence-corrected chi connectivity index (χ4v) is 1.86. The third-order valence-electron chi connectivity index (χ3n) is 2.18. The molecule has 1 atom stereocenters. The van der Waals surface area contributed by atoms with E-state index in [0.29, 0.717) is 11.0 Å². The Labute approximate surface area is 104 Å². The summed E-state index contributed by atoms with van der Waals surface area (Å²) >= 11 is 5.30. The van der Waals surface area contributed by atoms with Crippen molar-refractivity contribution >= 4 is 27.7 Å². The number of halogens is 1. The van der Waals surface area contributed by atoms with Crippen LogP contribution in [0.25, 0.3) is 0 Å². The maximum atomic E-state index is 9.34. The molecule has 0 spiro atoms. The molecular weight excluding hydrogens is 274 g/mol. The molecule has 0 aliphatic carbocycles. The zero-order valence-corrected chi connectivity index (χ0v) is 11.4. The minimum absolute atomic E-state index is 0.313. The van der Waals surface area contributed by atoms with Crippen molar-refractivity contribution in [1.29, 1.82) is 0 Å². The lowest BCUT2D eigenvalue weighted by molar-refractivity contribution is 0.474. The Hall–Kier alpha value is -0.190. The fraction of sp³-hybridized carbons (Fsp3) is 0.455. The van der Waals surface area contributed by atoms with Crippen LogP contribution in [-0.4, -0.2) is 23.2 Å². The summed E-state index contributed by atoms with van der Waals surface area (Å²) in [5, 5.41) is 13.3. The van der Waals surface area contributed by atoms with Crippen molar-refractivity contribution in [3.05, 3.63) is 28.2 Å². The third-order valence-corrected chi connectivity index (χ3v) is 3.92. The third kappa shape index (κ3) is 4.45. The summed E-state index contributed by atoms with van der Waals surface area (Å²) < 4.78 is 1.03. The molecule has 15 heavy (non-hydrogen) atoms. The summed E-state index contributed by atoms with van der Waals surface area (Å²) in [4.78, 5) is 0. The van der Waals surface area contributed by atoms with Gasteiger partial charge < -0.3 is 10.4 Å². The van der Waals surface area contributed by atoms with Crippen molar-refractivity contribution in [2.75, 3.05) is 12.8 Å². The number of thioether (sulfide) groups is 1. The summed E-state index contributed by atoms with van der Waals surface area (Å²) in [6.45, 7) is 3.94. The molecule has 0 saturated carbocycles. The number of benzene rings is 1. The molecule has 0 radical (unpaired) electrons. The lowest BCUT2D eigenvalue weighted by Gasteiger charge is -2.11. The van der Waals surface area contributed by atoms with Gasteiger partial charge in [-0.3, -0.25) is 0 Å². The largest absolute Gasteiger partial charge is 0.508 e. The van der Waals surface area contributed by atoms with Crippen LogP contribution in [-0.2, 0) is 6.54 Å². The molecule has 1 unspecified atom stereocenters. The molecule has 1 rings (SSSR count). The zero-order valence-electron chi connectivity index (χ0n) is 8.96. The topological polar surface area (TPSA) is 32.3 Å². The quantitative estimate of drug-likeness (QED) is 0.874. The number of aromatic hydroxyl groups is 1. The highest BCUT2D eigenvalue weighted by Gasteiger charge is 2.02. The number of nitrogens with one attached hydrogen (secondary N) is 1. The number of rotatable bonds is 5. The van der Waals surface area contributed by atoms with Gasteiger partial charge in [0.15, 0.2) is 0 Å². The van der Waals surface area contributed by atoms with Gasteiger partial charge in [0.2, 0.25) is 0 Å². The van der Waals surface area contributed by atoms with Crippen LogP contribution in [0.4, 0.5) is 0 Å². The Balaban J connectivity index is 2.46. The molecule has 0 aliphatic rings. The van der Waals surface area contributed by atoms with E-state index in [1.165, 1.54) is 0 Å². The van der Waals surface area contributed by atoms with E-state index in [1.54, 1.807) is 12.1 Å². The van der Waals surface area contributed by atoms with Crippen LogP contribution >= 0.6 is 27.7 Å². The lowest BCUT2D eigenvalue weighted by atomic mass is 10.2. The molecule has 0 amide bonds.